The third kappa shape index (κ3) is 39.8. The van der Waals surface area contributed by atoms with Crippen LogP contribution in [0.1, 0.15) is 168 Å². The summed E-state index contributed by atoms with van der Waals surface area (Å²) in [6.07, 6.45) is 46.1. The van der Waals surface area contributed by atoms with Gasteiger partial charge < -0.3 is 24.6 Å². The van der Waals surface area contributed by atoms with Crippen LogP contribution in [0.5, 0.6) is 0 Å². The molecule has 0 saturated carbocycles. The van der Waals surface area contributed by atoms with Crippen molar-refractivity contribution in [3.63, 3.8) is 0 Å². The summed E-state index contributed by atoms with van der Waals surface area (Å²) in [5.41, 5.74) is 0. The van der Waals surface area contributed by atoms with E-state index in [0.717, 1.165) is 64.2 Å². The van der Waals surface area contributed by atoms with Crippen LogP contribution in [-0.2, 0) is 27.9 Å². The average molecular weight is 783 g/mol. The van der Waals surface area contributed by atoms with Gasteiger partial charge >= 0.3 is 13.8 Å². The highest BCUT2D eigenvalue weighted by atomic mass is 31.2. The summed E-state index contributed by atoms with van der Waals surface area (Å²) in [5, 5.41) is 18.3. The van der Waals surface area contributed by atoms with Gasteiger partial charge in [0.25, 0.3) is 0 Å². The van der Waals surface area contributed by atoms with E-state index in [1.807, 2.05) is 0 Å². The number of rotatable bonds is 40. The molecule has 0 aliphatic rings. The Labute approximate surface area is 330 Å². The zero-order valence-electron chi connectivity index (χ0n) is 34.2. The number of phosphoric acid groups is 1. The first-order valence-corrected chi connectivity index (χ1v) is 22.8. The lowest BCUT2D eigenvalue weighted by molar-refractivity contribution is -0.154. The Bertz CT molecular complexity index is 1020. The summed E-state index contributed by atoms with van der Waals surface area (Å²) in [6.45, 7) is 3.32. The van der Waals surface area contributed by atoms with Crippen molar-refractivity contribution in [3.05, 3.63) is 60.8 Å². The highest BCUT2D eigenvalue weighted by Crippen LogP contribution is 2.43. The maximum absolute atomic E-state index is 12.6. The summed E-state index contributed by atoms with van der Waals surface area (Å²) < 4.78 is 33.3. The molecule has 0 aromatic carbocycles. The number of aliphatic hydroxyl groups excluding tert-OH is 2. The van der Waals surface area contributed by atoms with Gasteiger partial charge in [-0.2, -0.15) is 0 Å². The molecule has 0 aliphatic heterocycles. The van der Waals surface area contributed by atoms with Gasteiger partial charge in [-0.1, -0.05) is 145 Å². The fourth-order valence-electron chi connectivity index (χ4n) is 5.46. The minimum atomic E-state index is -4.53. The number of ether oxygens (including phenoxy) is 2. The van der Waals surface area contributed by atoms with E-state index in [2.05, 4.69) is 74.6 Å². The number of hydrogen-bond acceptors (Lipinski definition) is 8. The van der Waals surface area contributed by atoms with Crippen molar-refractivity contribution in [2.24, 2.45) is 0 Å². The number of carbonyl (C=O) groups is 1. The predicted octanol–water partition coefficient (Wildman–Crippen LogP) is 11.6. The van der Waals surface area contributed by atoms with E-state index in [1.165, 1.54) is 77.0 Å². The van der Waals surface area contributed by atoms with E-state index in [4.69, 9.17) is 23.6 Å². The van der Waals surface area contributed by atoms with Crippen LogP contribution >= 0.6 is 7.82 Å². The standard InChI is InChI=1S/C44H79O9P/c1-3-5-7-9-11-13-15-17-18-19-20-21-22-23-25-27-29-31-33-35-37-50-40-43(41-52-54(48,49)51-39-42(46)38-45)53-44(47)36-34-32-30-28-26-24-16-14-12-10-8-6-4-2/h6,8,11-14,17-18,24,26,42-43,45-46H,3-5,7,9-10,15-16,19-23,25,27-41H2,1-2H3,(H,48,49)/b8-6-,13-11-,14-12-,18-17-,26-24-. The molecule has 9 nitrogen and oxygen atoms in total. The van der Waals surface area contributed by atoms with Gasteiger partial charge in [-0.05, 0) is 77.0 Å². The van der Waals surface area contributed by atoms with E-state index in [1.54, 1.807) is 0 Å². The van der Waals surface area contributed by atoms with Gasteiger partial charge in [0, 0.05) is 13.0 Å². The Morgan fingerprint density at radius 2 is 1.06 bits per heavy atom. The second-order valence-electron chi connectivity index (χ2n) is 14.0. The van der Waals surface area contributed by atoms with E-state index in [0.29, 0.717) is 13.0 Å². The molecule has 0 saturated heterocycles. The fraction of sp³-hybridized carbons (Fsp3) is 0.750. The summed E-state index contributed by atoms with van der Waals surface area (Å²) in [5.74, 6) is -0.414. The Kier molecular flexibility index (Phi) is 39.4. The number of allylic oxidation sites excluding steroid dienone is 10. The Morgan fingerprint density at radius 1 is 0.593 bits per heavy atom. The third-order valence-electron chi connectivity index (χ3n) is 8.69. The predicted molar refractivity (Wildman–Crippen MR) is 223 cm³/mol. The third-order valence-corrected chi connectivity index (χ3v) is 9.64. The number of esters is 1. The normalized spacial score (nSPS) is 14.7. The van der Waals surface area contributed by atoms with E-state index < -0.39 is 45.8 Å². The monoisotopic (exact) mass is 783 g/mol. The molecule has 54 heavy (non-hydrogen) atoms. The van der Waals surface area contributed by atoms with Crippen molar-refractivity contribution in [2.75, 3.05) is 33.0 Å². The lowest BCUT2D eigenvalue weighted by atomic mass is 10.1. The minimum absolute atomic E-state index is 0.0328. The first-order chi connectivity index (χ1) is 26.3. The summed E-state index contributed by atoms with van der Waals surface area (Å²) in [7, 11) is -4.53. The molecule has 0 aromatic rings. The molecule has 0 rings (SSSR count). The Balaban J connectivity index is 4.18. The second kappa shape index (κ2) is 40.8. The van der Waals surface area contributed by atoms with Gasteiger partial charge in [-0.15, -0.1) is 0 Å². The molecule has 10 heteroatoms. The van der Waals surface area contributed by atoms with Gasteiger partial charge in [0.05, 0.1) is 26.4 Å². The van der Waals surface area contributed by atoms with Crippen LogP contribution < -0.4 is 0 Å². The van der Waals surface area contributed by atoms with Crippen LogP contribution in [0.3, 0.4) is 0 Å². The quantitative estimate of drug-likeness (QED) is 0.0240. The average Bonchev–Trinajstić information content (AvgIpc) is 3.16. The molecular formula is C44H79O9P. The maximum atomic E-state index is 12.6. The first-order valence-electron chi connectivity index (χ1n) is 21.3. The van der Waals surface area contributed by atoms with Crippen molar-refractivity contribution < 1.29 is 43.0 Å². The first kappa shape index (κ1) is 52.2. The summed E-state index contributed by atoms with van der Waals surface area (Å²) in [4.78, 5) is 22.5. The number of unbranched alkanes of at least 4 members (excludes halogenated alkanes) is 16. The largest absolute Gasteiger partial charge is 0.472 e. The minimum Gasteiger partial charge on any atom is -0.457 e. The molecule has 0 spiro atoms. The van der Waals surface area contributed by atoms with Crippen molar-refractivity contribution in [1.29, 1.82) is 0 Å². The number of hydrogen-bond donors (Lipinski definition) is 3. The molecule has 3 N–H and O–H groups in total. The van der Waals surface area contributed by atoms with Crippen molar-refractivity contribution in [1.82, 2.24) is 0 Å². The van der Waals surface area contributed by atoms with Gasteiger partial charge in [0.2, 0.25) is 0 Å². The second-order valence-corrected chi connectivity index (χ2v) is 15.4. The molecule has 0 aromatic heterocycles. The molecule has 314 valence electrons. The van der Waals surface area contributed by atoms with Crippen molar-refractivity contribution in [3.8, 4) is 0 Å². The zero-order valence-corrected chi connectivity index (χ0v) is 35.1. The lowest BCUT2D eigenvalue weighted by Crippen LogP contribution is -2.29. The number of carbonyl (C=O) groups excluding carboxylic acids is 1. The van der Waals surface area contributed by atoms with Gasteiger partial charge in [-0.3, -0.25) is 13.8 Å². The van der Waals surface area contributed by atoms with Crippen LogP contribution in [0, 0.1) is 0 Å². The molecule has 0 aliphatic carbocycles. The number of phosphoric ester groups is 1. The van der Waals surface area contributed by atoms with E-state index in [-0.39, 0.29) is 13.0 Å². The van der Waals surface area contributed by atoms with Crippen LogP contribution in [0.4, 0.5) is 0 Å². The highest BCUT2D eigenvalue weighted by Gasteiger charge is 2.26. The molecule has 0 fully saturated rings. The molecule has 0 bridgehead atoms. The molecule has 3 atom stereocenters. The SMILES string of the molecule is CC/C=C\C/C=C\C/C=C\CCCCCC(=O)OC(COCCCCCCCCCCCC/C=C\C/C=C\CCCCC)COP(=O)(O)OCC(O)CO. The molecule has 0 heterocycles. The summed E-state index contributed by atoms with van der Waals surface area (Å²) >= 11 is 0. The molecule has 0 radical (unpaired) electrons. The molecular weight excluding hydrogens is 703 g/mol. The van der Waals surface area contributed by atoms with Crippen LogP contribution in [0.2, 0.25) is 0 Å². The van der Waals surface area contributed by atoms with E-state index in [9.17, 15) is 19.4 Å². The fourth-order valence-corrected chi connectivity index (χ4v) is 6.25. The maximum Gasteiger partial charge on any atom is 0.472 e. The number of aliphatic hydroxyl groups is 2. The summed E-state index contributed by atoms with van der Waals surface area (Å²) in [6, 6.07) is 0. The highest BCUT2D eigenvalue weighted by molar-refractivity contribution is 7.47. The van der Waals surface area contributed by atoms with Crippen LogP contribution in [-0.4, -0.2) is 66.3 Å². The molecule has 0 amide bonds. The lowest BCUT2D eigenvalue weighted by Gasteiger charge is -2.20. The van der Waals surface area contributed by atoms with Crippen LogP contribution in [0.15, 0.2) is 60.8 Å². The van der Waals surface area contributed by atoms with Gasteiger partial charge in [-0.25, -0.2) is 4.57 Å². The zero-order chi connectivity index (χ0) is 39.6. The van der Waals surface area contributed by atoms with Crippen molar-refractivity contribution in [2.45, 2.75) is 180 Å². The van der Waals surface area contributed by atoms with E-state index >= 15 is 0 Å². The smallest absolute Gasteiger partial charge is 0.457 e. The Morgan fingerprint density at radius 3 is 1.59 bits per heavy atom. The van der Waals surface area contributed by atoms with Gasteiger partial charge in [0.15, 0.2) is 0 Å². The topological polar surface area (TPSA) is 132 Å². The van der Waals surface area contributed by atoms with Crippen LogP contribution in [0.25, 0.3) is 0 Å². The molecule has 3 unspecified atom stereocenters. The van der Waals surface area contributed by atoms with Gasteiger partial charge in [0.1, 0.15) is 12.2 Å². The van der Waals surface area contributed by atoms with Crippen molar-refractivity contribution >= 4 is 13.8 Å². The Hall–Kier alpha value is -1.84.